The van der Waals surface area contributed by atoms with Crippen molar-refractivity contribution in [1.82, 2.24) is 0 Å². The molecule has 0 spiro atoms. The van der Waals surface area contributed by atoms with Crippen LogP contribution in [0.15, 0.2) is 48.5 Å². The van der Waals surface area contributed by atoms with Crippen molar-refractivity contribution in [1.29, 1.82) is 0 Å². The van der Waals surface area contributed by atoms with Crippen molar-refractivity contribution in [3.63, 3.8) is 0 Å². The molecule has 0 aliphatic rings. The van der Waals surface area contributed by atoms with E-state index in [1.165, 1.54) is 5.56 Å². The summed E-state index contributed by atoms with van der Waals surface area (Å²) in [6.07, 6.45) is 0. The topological polar surface area (TPSA) is 49.7 Å². The third-order valence-corrected chi connectivity index (χ3v) is 2.70. The Morgan fingerprint density at radius 3 is 2.11 bits per heavy atom. The third kappa shape index (κ3) is 3.36. The minimum absolute atomic E-state index is 0.463. The van der Waals surface area contributed by atoms with Crippen LogP contribution >= 0.6 is 0 Å². The zero-order valence-electron chi connectivity index (χ0n) is 10.2. The van der Waals surface area contributed by atoms with E-state index < -0.39 is 7.12 Å². The van der Waals surface area contributed by atoms with Crippen LogP contribution in [-0.4, -0.2) is 17.2 Å². The maximum Gasteiger partial charge on any atom is 0.488 e. The number of benzene rings is 2. The SMILES string of the molecule is Cc1ccc(OCc2ccc(B(O)O)cc2)cc1. The lowest BCUT2D eigenvalue weighted by Crippen LogP contribution is -2.29. The molecule has 0 amide bonds. The van der Waals surface area contributed by atoms with Gasteiger partial charge in [-0.25, -0.2) is 0 Å². The van der Waals surface area contributed by atoms with Crippen LogP contribution in [0.25, 0.3) is 0 Å². The normalized spacial score (nSPS) is 10.2. The highest BCUT2D eigenvalue weighted by molar-refractivity contribution is 6.58. The van der Waals surface area contributed by atoms with E-state index in [1.807, 2.05) is 43.3 Å². The van der Waals surface area contributed by atoms with Crippen molar-refractivity contribution in [2.75, 3.05) is 0 Å². The predicted molar refractivity (Wildman–Crippen MR) is 71.8 cm³/mol. The van der Waals surface area contributed by atoms with E-state index in [1.54, 1.807) is 12.1 Å². The molecule has 92 valence electrons. The summed E-state index contributed by atoms with van der Waals surface area (Å²) in [5.41, 5.74) is 2.66. The van der Waals surface area contributed by atoms with Crippen molar-refractivity contribution < 1.29 is 14.8 Å². The summed E-state index contributed by atoms with van der Waals surface area (Å²) in [5.74, 6) is 0.826. The second-order valence-electron chi connectivity index (χ2n) is 4.22. The monoisotopic (exact) mass is 242 g/mol. The van der Waals surface area contributed by atoms with E-state index >= 15 is 0 Å². The van der Waals surface area contributed by atoms with Crippen LogP contribution in [0.1, 0.15) is 11.1 Å². The van der Waals surface area contributed by atoms with Gasteiger partial charge in [-0.2, -0.15) is 0 Å². The van der Waals surface area contributed by atoms with Crippen LogP contribution in [0.2, 0.25) is 0 Å². The highest BCUT2D eigenvalue weighted by atomic mass is 16.5. The first kappa shape index (κ1) is 12.7. The second kappa shape index (κ2) is 5.71. The van der Waals surface area contributed by atoms with Gasteiger partial charge in [-0.15, -0.1) is 0 Å². The summed E-state index contributed by atoms with van der Waals surface area (Å²) >= 11 is 0. The predicted octanol–water partition coefficient (Wildman–Crippen LogP) is 1.25. The van der Waals surface area contributed by atoms with Crippen LogP contribution in [0, 0.1) is 6.92 Å². The summed E-state index contributed by atoms with van der Waals surface area (Å²) in [5, 5.41) is 17.9. The Kier molecular flexibility index (Phi) is 4.02. The molecule has 0 aliphatic heterocycles. The molecule has 2 rings (SSSR count). The summed E-state index contributed by atoms with van der Waals surface area (Å²) < 4.78 is 5.62. The molecule has 3 nitrogen and oxygen atoms in total. The van der Waals surface area contributed by atoms with Crippen molar-refractivity contribution in [2.45, 2.75) is 13.5 Å². The second-order valence-corrected chi connectivity index (χ2v) is 4.22. The Balaban J connectivity index is 1.95. The summed E-state index contributed by atoms with van der Waals surface area (Å²) in [7, 11) is -1.42. The van der Waals surface area contributed by atoms with Gasteiger partial charge in [0.25, 0.3) is 0 Å². The third-order valence-electron chi connectivity index (χ3n) is 2.70. The molecule has 0 fully saturated rings. The molecule has 0 aromatic heterocycles. The Hall–Kier alpha value is -1.78. The first-order valence-corrected chi connectivity index (χ1v) is 5.79. The maximum atomic E-state index is 8.97. The van der Waals surface area contributed by atoms with E-state index in [4.69, 9.17) is 14.8 Å². The molecule has 0 unspecified atom stereocenters. The van der Waals surface area contributed by atoms with Crippen LogP contribution in [-0.2, 0) is 6.61 Å². The number of rotatable bonds is 4. The number of hydrogen-bond acceptors (Lipinski definition) is 3. The molecule has 4 heteroatoms. The number of aryl methyl sites for hydroxylation is 1. The van der Waals surface area contributed by atoms with Crippen molar-refractivity contribution in [3.05, 3.63) is 59.7 Å². The lowest BCUT2D eigenvalue weighted by molar-refractivity contribution is 0.306. The van der Waals surface area contributed by atoms with E-state index in [-0.39, 0.29) is 0 Å². The van der Waals surface area contributed by atoms with Crippen molar-refractivity contribution >= 4 is 12.6 Å². The highest BCUT2D eigenvalue weighted by Gasteiger charge is 2.09. The molecule has 0 aliphatic carbocycles. The van der Waals surface area contributed by atoms with E-state index in [9.17, 15) is 0 Å². The molecule has 18 heavy (non-hydrogen) atoms. The number of hydrogen-bond donors (Lipinski definition) is 2. The molecule has 0 radical (unpaired) electrons. The van der Waals surface area contributed by atoms with Gasteiger partial charge in [0.2, 0.25) is 0 Å². The molecule has 0 bridgehead atoms. The number of ether oxygens (including phenoxy) is 1. The van der Waals surface area contributed by atoms with Crippen LogP contribution in [0.5, 0.6) is 5.75 Å². The Morgan fingerprint density at radius 2 is 1.56 bits per heavy atom. The maximum absolute atomic E-state index is 8.97. The molecular weight excluding hydrogens is 227 g/mol. The van der Waals surface area contributed by atoms with Crippen molar-refractivity contribution in [3.8, 4) is 5.75 Å². The fourth-order valence-corrected chi connectivity index (χ4v) is 1.59. The zero-order valence-corrected chi connectivity index (χ0v) is 10.2. The van der Waals surface area contributed by atoms with Gasteiger partial charge in [0.05, 0.1) is 0 Å². The molecule has 0 saturated heterocycles. The van der Waals surface area contributed by atoms with Gasteiger partial charge in [0.15, 0.2) is 0 Å². The van der Waals surface area contributed by atoms with Gasteiger partial charge >= 0.3 is 7.12 Å². The first-order chi connectivity index (χ1) is 8.65. The molecule has 2 aromatic carbocycles. The van der Waals surface area contributed by atoms with E-state index in [0.717, 1.165) is 11.3 Å². The summed E-state index contributed by atoms with van der Waals surface area (Å²) in [6, 6.07) is 14.9. The average molecular weight is 242 g/mol. The molecular formula is C14H15BO3. The average Bonchev–Trinajstić information content (AvgIpc) is 2.38. The van der Waals surface area contributed by atoms with Gasteiger partial charge < -0.3 is 14.8 Å². The molecule has 0 heterocycles. The first-order valence-electron chi connectivity index (χ1n) is 5.79. The van der Waals surface area contributed by atoms with E-state index in [2.05, 4.69) is 0 Å². The minimum Gasteiger partial charge on any atom is -0.489 e. The lowest BCUT2D eigenvalue weighted by atomic mass is 9.80. The van der Waals surface area contributed by atoms with Crippen LogP contribution < -0.4 is 10.2 Å². The van der Waals surface area contributed by atoms with Crippen LogP contribution in [0.3, 0.4) is 0 Å². The quantitative estimate of drug-likeness (QED) is 0.793. The fourth-order valence-electron chi connectivity index (χ4n) is 1.59. The fraction of sp³-hybridized carbons (Fsp3) is 0.143. The summed E-state index contributed by atoms with van der Waals surface area (Å²) in [4.78, 5) is 0. The van der Waals surface area contributed by atoms with Gasteiger partial charge in [0.1, 0.15) is 12.4 Å². The summed E-state index contributed by atoms with van der Waals surface area (Å²) in [6.45, 7) is 2.49. The highest BCUT2D eigenvalue weighted by Crippen LogP contribution is 2.13. The van der Waals surface area contributed by atoms with Gasteiger partial charge in [-0.3, -0.25) is 0 Å². The van der Waals surface area contributed by atoms with E-state index in [0.29, 0.717) is 12.1 Å². The van der Waals surface area contributed by atoms with Crippen LogP contribution in [0.4, 0.5) is 0 Å². The molecule has 2 N–H and O–H groups in total. The van der Waals surface area contributed by atoms with Gasteiger partial charge in [-0.1, -0.05) is 42.0 Å². The van der Waals surface area contributed by atoms with Gasteiger partial charge in [0, 0.05) is 0 Å². The van der Waals surface area contributed by atoms with Crippen molar-refractivity contribution in [2.24, 2.45) is 0 Å². The smallest absolute Gasteiger partial charge is 0.488 e. The minimum atomic E-state index is -1.42. The largest absolute Gasteiger partial charge is 0.489 e. The van der Waals surface area contributed by atoms with Gasteiger partial charge in [-0.05, 0) is 30.1 Å². The Labute approximate surface area is 107 Å². The standard InChI is InChI=1S/C14H15BO3/c1-11-2-8-14(9-3-11)18-10-12-4-6-13(7-5-12)15(16)17/h2-9,16-17H,10H2,1H3. The molecule has 0 atom stereocenters. The lowest BCUT2D eigenvalue weighted by Gasteiger charge is -2.07. The molecule has 2 aromatic rings. The zero-order chi connectivity index (χ0) is 13.0. The Bertz CT molecular complexity index is 491. The molecule has 0 saturated carbocycles. The Morgan fingerprint density at radius 1 is 0.944 bits per heavy atom.